The monoisotopic (exact) mass is 422 g/mol. The number of benzene rings is 1. The number of aromatic nitrogens is 1. The fourth-order valence-corrected chi connectivity index (χ4v) is 3.24. The zero-order chi connectivity index (χ0) is 18.9. The topological polar surface area (TPSA) is 51.0 Å². The second kappa shape index (κ2) is 10.2. The normalized spacial score (nSPS) is 11.5. The van der Waals surface area contributed by atoms with Crippen molar-refractivity contribution in [3.63, 3.8) is 0 Å². The van der Waals surface area contributed by atoms with Crippen LogP contribution >= 0.6 is 15.9 Å². The van der Waals surface area contributed by atoms with E-state index in [1.807, 2.05) is 44.6 Å². The van der Waals surface area contributed by atoms with Crippen LogP contribution in [0.15, 0.2) is 46.0 Å². The average molecular weight is 423 g/mol. The van der Waals surface area contributed by atoms with E-state index >= 15 is 0 Å². The lowest BCUT2D eigenvalue weighted by Gasteiger charge is -2.22. The standard InChI is InChI=1S/C19H27BrN4O2/c1-21-19(24(3)13-17-11-16(20)12-23(17)2)22-9-10-26-14-15-7-5-6-8-18(15)25-4/h5-8,11-12H,9-10,13-14H2,1-4H3,(H,21,22). The van der Waals surface area contributed by atoms with Gasteiger partial charge >= 0.3 is 0 Å². The van der Waals surface area contributed by atoms with Gasteiger partial charge in [0.1, 0.15) is 5.75 Å². The molecule has 0 unspecified atom stereocenters. The van der Waals surface area contributed by atoms with Crippen LogP contribution < -0.4 is 10.1 Å². The summed E-state index contributed by atoms with van der Waals surface area (Å²) < 4.78 is 14.3. The molecule has 0 saturated carbocycles. The number of halogens is 1. The number of nitrogens with one attached hydrogen (secondary N) is 1. The lowest BCUT2D eigenvalue weighted by molar-refractivity contribution is 0.123. The highest BCUT2D eigenvalue weighted by molar-refractivity contribution is 9.10. The molecule has 7 heteroatoms. The summed E-state index contributed by atoms with van der Waals surface area (Å²) in [6, 6.07) is 10.00. The Bertz CT molecular complexity index is 730. The predicted octanol–water partition coefficient (Wildman–Crippen LogP) is 3.02. The minimum Gasteiger partial charge on any atom is -0.496 e. The molecule has 0 aliphatic carbocycles. The zero-order valence-corrected chi connectivity index (χ0v) is 17.4. The van der Waals surface area contributed by atoms with Crippen molar-refractivity contribution in [1.82, 2.24) is 14.8 Å². The third kappa shape index (κ3) is 5.78. The Morgan fingerprint density at radius 2 is 2.12 bits per heavy atom. The van der Waals surface area contributed by atoms with Gasteiger partial charge in [-0.15, -0.1) is 0 Å². The summed E-state index contributed by atoms with van der Waals surface area (Å²) in [5.41, 5.74) is 2.25. The van der Waals surface area contributed by atoms with E-state index in [0.717, 1.165) is 28.3 Å². The highest BCUT2D eigenvalue weighted by Crippen LogP contribution is 2.18. The van der Waals surface area contributed by atoms with Gasteiger partial charge in [-0.3, -0.25) is 4.99 Å². The fourth-order valence-electron chi connectivity index (χ4n) is 2.67. The number of hydrogen-bond acceptors (Lipinski definition) is 3. The Hall–Kier alpha value is -1.99. The van der Waals surface area contributed by atoms with Crippen LogP contribution in [0, 0.1) is 0 Å². The van der Waals surface area contributed by atoms with Crippen molar-refractivity contribution >= 4 is 21.9 Å². The van der Waals surface area contributed by atoms with E-state index in [-0.39, 0.29) is 0 Å². The first kappa shape index (κ1) is 20.3. The summed E-state index contributed by atoms with van der Waals surface area (Å²) in [6.07, 6.45) is 2.05. The number of aryl methyl sites for hydroxylation is 1. The van der Waals surface area contributed by atoms with Gasteiger partial charge in [0, 0.05) is 49.6 Å². The number of para-hydroxylation sites is 1. The van der Waals surface area contributed by atoms with Crippen LogP contribution in [0.2, 0.25) is 0 Å². The number of aliphatic imine (C=N–C) groups is 1. The fraction of sp³-hybridized carbons (Fsp3) is 0.421. The SMILES string of the molecule is CN=C(NCCOCc1ccccc1OC)N(C)Cc1cc(Br)cn1C. The third-order valence-electron chi connectivity index (χ3n) is 4.03. The van der Waals surface area contributed by atoms with E-state index in [1.54, 1.807) is 14.2 Å². The van der Waals surface area contributed by atoms with Crippen molar-refractivity contribution in [1.29, 1.82) is 0 Å². The molecule has 142 valence electrons. The van der Waals surface area contributed by atoms with Gasteiger partial charge in [-0.1, -0.05) is 18.2 Å². The summed E-state index contributed by atoms with van der Waals surface area (Å²) in [7, 11) is 7.52. The molecule has 0 aliphatic heterocycles. The summed E-state index contributed by atoms with van der Waals surface area (Å²) >= 11 is 3.50. The Labute approximate surface area is 163 Å². The number of rotatable bonds is 8. The highest BCUT2D eigenvalue weighted by Gasteiger charge is 2.09. The number of ether oxygens (including phenoxy) is 2. The molecule has 0 amide bonds. The number of methoxy groups -OCH3 is 1. The van der Waals surface area contributed by atoms with Crippen molar-refractivity contribution in [3.05, 3.63) is 52.3 Å². The summed E-state index contributed by atoms with van der Waals surface area (Å²) in [5, 5.41) is 3.33. The van der Waals surface area contributed by atoms with Gasteiger partial charge in [-0.05, 0) is 28.1 Å². The maximum absolute atomic E-state index is 5.75. The van der Waals surface area contributed by atoms with Crippen molar-refractivity contribution in [2.45, 2.75) is 13.2 Å². The van der Waals surface area contributed by atoms with Crippen LogP contribution in [0.1, 0.15) is 11.3 Å². The third-order valence-corrected chi connectivity index (χ3v) is 4.46. The van der Waals surface area contributed by atoms with E-state index in [4.69, 9.17) is 9.47 Å². The Morgan fingerprint density at radius 1 is 1.35 bits per heavy atom. The summed E-state index contributed by atoms with van der Waals surface area (Å²) in [5.74, 6) is 1.69. The maximum atomic E-state index is 5.75. The van der Waals surface area contributed by atoms with Gasteiger partial charge in [-0.2, -0.15) is 0 Å². The van der Waals surface area contributed by atoms with Crippen LogP contribution in [0.3, 0.4) is 0 Å². The second-order valence-electron chi connectivity index (χ2n) is 5.96. The van der Waals surface area contributed by atoms with Crippen LogP contribution in [0.25, 0.3) is 0 Å². The molecule has 0 atom stereocenters. The highest BCUT2D eigenvalue weighted by atomic mass is 79.9. The van der Waals surface area contributed by atoms with E-state index in [0.29, 0.717) is 19.8 Å². The molecule has 2 aromatic rings. The molecule has 0 bridgehead atoms. The largest absolute Gasteiger partial charge is 0.496 e. The minimum absolute atomic E-state index is 0.525. The molecule has 0 radical (unpaired) electrons. The van der Waals surface area contributed by atoms with Gasteiger partial charge in [-0.25, -0.2) is 0 Å². The van der Waals surface area contributed by atoms with Crippen molar-refractivity contribution in [2.24, 2.45) is 12.0 Å². The lowest BCUT2D eigenvalue weighted by atomic mass is 10.2. The van der Waals surface area contributed by atoms with Crippen molar-refractivity contribution in [2.75, 3.05) is 34.4 Å². The average Bonchev–Trinajstić information content (AvgIpc) is 2.95. The molecular formula is C19H27BrN4O2. The van der Waals surface area contributed by atoms with Gasteiger partial charge < -0.3 is 24.3 Å². The smallest absolute Gasteiger partial charge is 0.193 e. The zero-order valence-electron chi connectivity index (χ0n) is 15.8. The molecule has 1 N–H and O–H groups in total. The molecule has 26 heavy (non-hydrogen) atoms. The molecular weight excluding hydrogens is 396 g/mol. The van der Waals surface area contributed by atoms with Crippen LogP contribution in [0.5, 0.6) is 5.75 Å². The van der Waals surface area contributed by atoms with Crippen LogP contribution in [-0.2, 0) is 24.9 Å². The maximum Gasteiger partial charge on any atom is 0.193 e. The second-order valence-corrected chi connectivity index (χ2v) is 6.87. The first-order valence-corrected chi connectivity index (χ1v) is 9.26. The Balaban J connectivity index is 1.75. The molecule has 0 saturated heterocycles. The van der Waals surface area contributed by atoms with Gasteiger partial charge in [0.2, 0.25) is 0 Å². The minimum atomic E-state index is 0.525. The molecule has 1 aromatic heterocycles. The molecule has 0 fully saturated rings. The summed E-state index contributed by atoms with van der Waals surface area (Å²) in [6.45, 7) is 2.56. The van der Waals surface area contributed by atoms with Gasteiger partial charge in [0.15, 0.2) is 5.96 Å². The molecule has 1 heterocycles. The molecule has 0 spiro atoms. The van der Waals surface area contributed by atoms with Gasteiger partial charge in [0.25, 0.3) is 0 Å². The van der Waals surface area contributed by atoms with Crippen molar-refractivity contribution in [3.8, 4) is 5.75 Å². The van der Waals surface area contributed by atoms with Gasteiger partial charge in [0.05, 0.1) is 26.9 Å². The first-order chi connectivity index (χ1) is 12.5. The number of guanidine groups is 1. The Kier molecular flexibility index (Phi) is 8.00. The predicted molar refractivity (Wildman–Crippen MR) is 109 cm³/mol. The van der Waals surface area contributed by atoms with Crippen LogP contribution in [0.4, 0.5) is 0 Å². The molecule has 1 aromatic carbocycles. The molecule has 2 rings (SSSR count). The number of hydrogen-bond donors (Lipinski definition) is 1. The van der Waals surface area contributed by atoms with Crippen LogP contribution in [-0.4, -0.2) is 49.8 Å². The Morgan fingerprint density at radius 3 is 2.77 bits per heavy atom. The van der Waals surface area contributed by atoms with E-state index in [9.17, 15) is 0 Å². The van der Waals surface area contributed by atoms with E-state index in [1.165, 1.54) is 5.69 Å². The van der Waals surface area contributed by atoms with E-state index < -0.39 is 0 Å². The first-order valence-electron chi connectivity index (χ1n) is 8.47. The molecule has 0 aliphatic rings. The quantitative estimate of drug-likeness (QED) is 0.403. The molecule has 6 nitrogen and oxygen atoms in total. The van der Waals surface area contributed by atoms with Crippen molar-refractivity contribution < 1.29 is 9.47 Å². The lowest BCUT2D eigenvalue weighted by Crippen LogP contribution is -2.40. The van der Waals surface area contributed by atoms with E-state index in [2.05, 4.69) is 41.8 Å². The number of nitrogens with zero attached hydrogens (tertiary/aromatic N) is 3. The summed E-state index contributed by atoms with van der Waals surface area (Å²) in [4.78, 5) is 6.42.